The van der Waals surface area contributed by atoms with E-state index in [1.54, 1.807) is 37.3 Å². The van der Waals surface area contributed by atoms with Gasteiger partial charge in [0.2, 0.25) is 5.91 Å². The molecule has 0 saturated carbocycles. The van der Waals surface area contributed by atoms with Crippen LogP contribution in [0, 0.1) is 17.5 Å². The van der Waals surface area contributed by atoms with Crippen LogP contribution in [0.4, 0.5) is 18.9 Å². The summed E-state index contributed by atoms with van der Waals surface area (Å²) >= 11 is 11.9. The van der Waals surface area contributed by atoms with E-state index in [1.165, 1.54) is 38.5 Å². The maximum atomic E-state index is 14.0. The third kappa shape index (κ3) is 7.48. The van der Waals surface area contributed by atoms with E-state index in [0.29, 0.717) is 0 Å². The van der Waals surface area contributed by atoms with E-state index in [-0.39, 0.29) is 61.8 Å². The van der Waals surface area contributed by atoms with Gasteiger partial charge in [0.25, 0.3) is 0 Å². The Kier molecular flexibility index (Phi) is 11.1. The number of amides is 1. The minimum atomic E-state index is -0.858. The zero-order valence-electron chi connectivity index (χ0n) is 22.6. The number of carbonyl (C=O) groups is 3. The van der Waals surface area contributed by atoms with Crippen LogP contribution < -0.4 is 14.8 Å². The Hall–Kier alpha value is -4.34. The first kappa shape index (κ1) is 32.2. The van der Waals surface area contributed by atoms with E-state index < -0.39 is 29.0 Å². The molecule has 11 heteroatoms. The molecule has 0 aliphatic heterocycles. The number of benzene rings is 4. The molecule has 0 atom stereocenters. The molecule has 0 aliphatic carbocycles. The number of halogens is 5. The SMILES string of the molecule is CCC(=O)Nc1cc(OC)c(F)cc1C(=O)c1ccccc1Cl.COc1cc(F)c(C(=O)c2ccccc2Cl)cc1F. The van der Waals surface area contributed by atoms with E-state index in [9.17, 15) is 27.6 Å². The minimum absolute atomic E-state index is 0.0122. The predicted molar refractivity (Wildman–Crippen MR) is 155 cm³/mol. The molecule has 0 bridgehead atoms. The van der Waals surface area contributed by atoms with Crippen LogP contribution in [0.1, 0.15) is 45.2 Å². The van der Waals surface area contributed by atoms with Crippen molar-refractivity contribution < 1.29 is 37.0 Å². The smallest absolute Gasteiger partial charge is 0.224 e. The highest BCUT2D eigenvalue weighted by molar-refractivity contribution is 6.35. The van der Waals surface area contributed by atoms with Crippen LogP contribution in [-0.4, -0.2) is 31.7 Å². The minimum Gasteiger partial charge on any atom is -0.494 e. The quantitative estimate of drug-likeness (QED) is 0.203. The van der Waals surface area contributed by atoms with Gasteiger partial charge in [0, 0.05) is 35.2 Å². The van der Waals surface area contributed by atoms with Crippen molar-refractivity contribution >= 4 is 46.4 Å². The predicted octanol–water partition coefficient (Wildman–Crippen LogP) is 7.93. The lowest BCUT2D eigenvalue weighted by atomic mass is 10.0. The van der Waals surface area contributed by atoms with Crippen molar-refractivity contribution in [2.45, 2.75) is 13.3 Å². The van der Waals surface area contributed by atoms with Crippen LogP contribution in [0.3, 0.4) is 0 Å². The lowest BCUT2D eigenvalue weighted by molar-refractivity contribution is -0.115. The number of methoxy groups -OCH3 is 2. The molecule has 6 nitrogen and oxygen atoms in total. The number of ether oxygens (including phenoxy) is 2. The van der Waals surface area contributed by atoms with Crippen LogP contribution in [0.25, 0.3) is 0 Å². The molecule has 1 N–H and O–H groups in total. The zero-order valence-corrected chi connectivity index (χ0v) is 24.1. The fourth-order valence-electron chi connectivity index (χ4n) is 3.68. The summed E-state index contributed by atoms with van der Waals surface area (Å²) in [4.78, 5) is 36.4. The fraction of sp³-hybridized carbons (Fsp3) is 0.129. The van der Waals surface area contributed by atoms with E-state index in [4.69, 9.17) is 27.9 Å². The molecule has 0 saturated heterocycles. The second-order valence-electron chi connectivity index (χ2n) is 8.52. The van der Waals surface area contributed by atoms with Gasteiger partial charge in [0.05, 0.1) is 35.5 Å². The normalized spacial score (nSPS) is 10.3. The molecular formula is C31H24Cl2F3NO5. The molecule has 0 spiro atoms. The lowest BCUT2D eigenvalue weighted by Gasteiger charge is -2.13. The van der Waals surface area contributed by atoms with E-state index in [1.807, 2.05) is 0 Å². The first-order valence-corrected chi connectivity index (χ1v) is 13.1. The summed E-state index contributed by atoms with van der Waals surface area (Å²) in [6.45, 7) is 1.67. The van der Waals surface area contributed by atoms with Gasteiger partial charge in [-0.2, -0.15) is 0 Å². The molecular weight excluding hydrogens is 594 g/mol. The molecule has 0 radical (unpaired) electrons. The van der Waals surface area contributed by atoms with Crippen molar-refractivity contribution in [3.05, 3.63) is 123 Å². The second-order valence-corrected chi connectivity index (χ2v) is 9.33. The van der Waals surface area contributed by atoms with E-state index >= 15 is 0 Å². The first-order chi connectivity index (χ1) is 20.0. The lowest BCUT2D eigenvalue weighted by Crippen LogP contribution is -2.14. The number of hydrogen-bond acceptors (Lipinski definition) is 5. The standard InChI is InChI=1S/C17H15ClFNO3.C14H9ClF2O2/c1-3-16(21)20-14-9-15(23-2)13(19)8-11(14)17(22)10-6-4-5-7-12(10)18;1-19-13-7-11(16)9(6-12(13)17)14(18)8-4-2-3-5-10(8)15/h4-9H,3H2,1-2H3,(H,20,21);2-7H,1H3. The Balaban J connectivity index is 0.000000235. The number of hydrogen-bond donors (Lipinski definition) is 1. The van der Waals surface area contributed by atoms with Gasteiger partial charge in [-0.1, -0.05) is 54.4 Å². The monoisotopic (exact) mass is 617 g/mol. The fourth-order valence-corrected chi connectivity index (χ4v) is 4.12. The summed E-state index contributed by atoms with van der Waals surface area (Å²) in [6.07, 6.45) is 0.222. The van der Waals surface area contributed by atoms with Crippen molar-refractivity contribution in [3.8, 4) is 11.5 Å². The summed E-state index contributed by atoms with van der Waals surface area (Å²) in [5, 5.41) is 3.02. The maximum absolute atomic E-state index is 14.0. The summed E-state index contributed by atoms with van der Waals surface area (Å²) in [5.74, 6) is -4.14. The Morgan fingerprint density at radius 1 is 0.667 bits per heavy atom. The molecule has 0 unspecified atom stereocenters. The van der Waals surface area contributed by atoms with E-state index in [0.717, 1.165) is 18.2 Å². The van der Waals surface area contributed by atoms with Gasteiger partial charge in [-0.15, -0.1) is 0 Å². The largest absolute Gasteiger partial charge is 0.494 e. The van der Waals surface area contributed by atoms with Crippen molar-refractivity contribution in [1.82, 2.24) is 0 Å². The second kappa shape index (κ2) is 14.5. The van der Waals surface area contributed by atoms with Gasteiger partial charge in [-0.05, 0) is 36.4 Å². The van der Waals surface area contributed by atoms with Crippen LogP contribution in [-0.2, 0) is 4.79 Å². The number of rotatable bonds is 8. The molecule has 4 aromatic carbocycles. The number of nitrogens with one attached hydrogen (secondary N) is 1. The molecule has 0 fully saturated rings. The van der Waals surface area contributed by atoms with E-state index in [2.05, 4.69) is 10.1 Å². The molecule has 4 rings (SSSR count). The van der Waals surface area contributed by atoms with Crippen molar-refractivity contribution in [3.63, 3.8) is 0 Å². The van der Waals surface area contributed by atoms with Crippen molar-refractivity contribution in [2.24, 2.45) is 0 Å². The highest BCUT2D eigenvalue weighted by Crippen LogP contribution is 2.30. The third-order valence-corrected chi connectivity index (χ3v) is 6.51. The molecule has 42 heavy (non-hydrogen) atoms. The van der Waals surface area contributed by atoms with Crippen LogP contribution in [0.5, 0.6) is 11.5 Å². The average Bonchev–Trinajstić information content (AvgIpc) is 2.98. The first-order valence-electron chi connectivity index (χ1n) is 12.3. The van der Waals surface area contributed by atoms with Gasteiger partial charge < -0.3 is 14.8 Å². The summed E-state index contributed by atoms with van der Waals surface area (Å²) in [5.41, 5.74) is 0.156. The van der Waals surface area contributed by atoms with Crippen LogP contribution in [0.2, 0.25) is 10.0 Å². The van der Waals surface area contributed by atoms with Gasteiger partial charge in [0.1, 0.15) is 5.82 Å². The topological polar surface area (TPSA) is 81.7 Å². The molecule has 218 valence electrons. The Morgan fingerprint density at radius 2 is 1.12 bits per heavy atom. The highest BCUT2D eigenvalue weighted by Gasteiger charge is 2.21. The molecule has 4 aromatic rings. The highest BCUT2D eigenvalue weighted by atomic mass is 35.5. The third-order valence-electron chi connectivity index (χ3n) is 5.85. The molecule has 0 aromatic heterocycles. The number of anilines is 1. The average molecular weight is 618 g/mol. The Morgan fingerprint density at radius 3 is 1.60 bits per heavy atom. The number of carbonyl (C=O) groups excluding carboxylic acids is 3. The van der Waals surface area contributed by atoms with Gasteiger partial charge in [-0.3, -0.25) is 14.4 Å². The molecule has 1 amide bonds. The number of ketones is 2. The van der Waals surface area contributed by atoms with Crippen molar-refractivity contribution in [1.29, 1.82) is 0 Å². The Bertz CT molecular complexity index is 1650. The van der Waals surface area contributed by atoms with Crippen LogP contribution >= 0.6 is 23.2 Å². The molecule has 0 aliphatic rings. The van der Waals surface area contributed by atoms with Crippen LogP contribution in [0.15, 0.2) is 72.8 Å². The summed E-state index contributed by atoms with van der Waals surface area (Å²) in [7, 11) is 2.52. The van der Waals surface area contributed by atoms with Crippen molar-refractivity contribution in [2.75, 3.05) is 19.5 Å². The van der Waals surface area contributed by atoms with Gasteiger partial charge in [0.15, 0.2) is 34.7 Å². The van der Waals surface area contributed by atoms with Gasteiger partial charge in [-0.25, -0.2) is 13.2 Å². The zero-order chi connectivity index (χ0) is 31.0. The maximum Gasteiger partial charge on any atom is 0.224 e. The summed E-state index contributed by atoms with van der Waals surface area (Å²) < 4.78 is 50.8. The van der Waals surface area contributed by atoms with Gasteiger partial charge >= 0.3 is 0 Å². The summed E-state index contributed by atoms with van der Waals surface area (Å²) in [6, 6.07) is 16.6. The molecule has 0 heterocycles. The Labute approximate surface area is 250 Å².